The Bertz CT molecular complexity index is 418. The first kappa shape index (κ1) is 14.1. The zero-order valence-corrected chi connectivity index (χ0v) is 10.5. The molecule has 0 fully saturated rings. The molecule has 1 aromatic heterocycles. The van der Waals surface area contributed by atoms with E-state index in [0.29, 0.717) is 6.54 Å². The number of aliphatic carboxylic acids is 1. The molecule has 0 bridgehead atoms. The molecule has 0 saturated carbocycles. The summed E-state index contributed by atoms with van der Waals surface area (Å²) in [7, 11) is 0. The van der Waals surface area contributed by atoms with Gasteiger partial charge in [0.25, 0.3) is 0 Å². The van der Waals surface area contributed by atoms with Gasteiger partial charge in [-0.1, -0.05) is 13.8 Å². The SMILES string of the molecule is CC(C)(CC(=O)O)CC(=O)NCc1ccncn1. The number of hydrogen-bond donors (Lipinski definition) is 2. The van der Waals surface area contributed by atoms with Crippen molar-refractivity contribution >= 4 is 11.9 Å². The third kappa shape index (κ3) is 5.38. The lowest BCUT2D eigenvalue weighted by molar-refractivity contribution is -0.139. The molecule has 0 aromatic carbocycles. The van der Waals surface area contributed by atoms with Gasteiger partial charge in [-0.2, -0.15) is 0 Å². The number of rotatable bonds is 6. The molecule has 18 heavy (non-hydrogen) atoms. The highest BCUT2D eigenvalue weighted by Gasteiger charge is 2.24. The Kier molecular flexibility index (Phi) is 4.76. The first-order valence-electron chi connectivity index (χ1n) is 5.62. The predicted octanol–water partition coefficient (Wildman–Crippen LogP) is 0.984. The Hall–Kier alpha value is -1.98. The summed E-state index contributed by atoms with van der Waals surface area (Å²) < 4.78 is 0. The van der Waals surface area contributed by atoms with E-state index in [1.54, 1.807) is 26.1 Å². The van der Waals surface area contributed by atoms with E-state index in [9.17, 15) is 9.59 Å². The number of carboxylic acid groups (broad SMARTS) is 1. The quantitative estimate of drug-likeness (QED) is 0.786. The van der Waals surface area contributed by atoms with Gasteiger partial charge in [-0.15, -0.1) is 0 Å². The van der Waals surface area contributed by atoms with Crippen LogP contribution in [0.25, 0.3) is 0 Å². The average molecular weight is 251 g/mol. The van der Waals surface area contributed by atoms with Crippen LogP contribution in [-0.4, -0.2) is 27.0 Å². The van der Waals surface area contributed by atoms with Gasteiger partial charge in [0.2, 0.25) is 5.91 Å². The van der Waals surface area contributed by atoms with Crippen LogP contribution < -0.4 is 5.32 Å². The van der Waals surface area contributed by atoms with Gasteiger partial charge in [-0.25, -0.2) is 9.97 Å². The van der Waals surface area contributed by atoms with Crippen molar-refractivity contribution in [2.24, 2.45) is 5.41 Å². The van der Waals surface area contributed by atoms with Gasteiger partial charge in [0.15, 0.2) is 0 Å². The van der Waals surface area contributed by atoms with Gasteiger partial charge >= 0.3 is 5.97 Å². The van der Waals surface area contributed by atoms with E-state index in [0.717, 1.165) is 5.69 Å². The molecule has 2 N–H and O–H groups in total. The lowest BCUT2D eigenvalue weighted by Crippen LogP contribution is -2.30. The fourth-order valence-electron chi connectivity index (χ4n) is 1.58. The first-order valence-corrected chi connectivity index (χ1v) is 5.62. The summed E-state index contributed by atoms with van der Waals surface area (Å²) in [4.78, 5) is 30.0. The van der Waals surface area contributed by atoms with Gasteiger partial charge in [-0.3, -0.25) is 9.59 Å². The minimum atomic E-state index is -0.899. The molecule has 0 aliphatic heterocycles. The summed E-state index contributed by atoms with van der Waals surface area (Å²) >= 11 is 0. The summed E-state index contributed by atoms with van der Waals surface area (Å²) in [6.07, 6.45) is 3.15. The van der Waals surface area contributed by atoms with Crippen molar-refractivity contribution in [3.8, 4) is 0 Å². The zero-order chi connectivity index (χ0) is 13.6. The maximum absolute atomic E-state index is 11.7. The highest BCUT2D eigenvalue weighted by molar-refractivity contribution is 5.77. The minimum Gasteiger partial charge on any atom is -0.481 e. The van der Waals surface area contributed by atoms with Gasteiger partial charge in [-0.05, 0) is 11.5 Å². The summed E-state index contributed by atoms with van der Waals surface area (Å²) in [6, 6.07) is 1.71. The van der Waals surface area contributed by atoms with E-state index in [2.05, 4.69) is 15.3 Å². The van der Waals surface area contributed by atoms with Crippen LogP contribution in [0.4, 0.5) is 0 Å². The normalized spacial score (nSPS) is 11.0. The second-order valence-corrected chi connectivity index (χ2v) is 4.89. The second-order valence-electron chi connectivity index (χ2n) is 4.89. The number of carboxylic acids is 1. The minimum absolute atomic E-state index is 0.0338. The molecule has 0 unspecified atom stereocenters. The fraction of sp³-hybridized carbons (Fsp3) is 0.500. The van der Waals surface area contributed by atoms with Crippen LogP contribution in [0.3, 0.4) is 0 Å². The monoisotopic (exact) mass is 251 g/mol. The van der Waals surface area contributed by atoms with Gasteiger partial charge in [0.05, 0.1) is 18.7 Å². The number of aromatic nitrogens is 2. The van der Waals surface area contributed by atoms with Crippen LogP contribution in [-0.2, 0) is 16.1 Å². The Labute approximate surface area is 105 Å². The summed E-state index contributed by atoms with van der Waals surface area (Å²) in [5.41, 5.74) is 0.163. The van der Waals surface area contributed by atoms with Crippen molar-refractivity contribution in [1.82, 2.24) is 15.3 Å². The first-order chi connectivity index (χ1) is 8.39. The molecule has 0 aliphatic carbocycles. The number of amides is 1. The van der Waals surface area contributed by atoms with Crippen molar-refractivity contribution < 1.29 is 14.7 Å². The van der Waals surface area contributed by atoms with Crippen LogP contribution in [0.5, 0.6) is 0 Å². The standard InChI is InChI=1S/C12H17N3O3/c1-12(2,6-11(17)18)5-10(16)14-7-9-3-4-13-8-15-9/h3-4,8H,5-7H2,1-2H3,(H,14,16)(H,17,18). The topological polar surface area (TPSA) is 92.2 Å². The molecule has 0 saturated heterocycles. The van der Waals surface area contributed by atoms with Crippen LogP contribution in [0.15, 0.2) is 18.6 Å². The molecule has 1 rings (SSSR count). The van der Waals surface area contributed by atoms with E-state index in [-0.39, 0.29) is 18.7 Å². The molecular formula is C12H17N3O3. The summed E-state index contributed by atoms with van der Waals surface area (Å²) in [5, 5.41) is 11.4. The molecular weight excluding hydrogens is 234 g/mol. The summed E-state index contributed by atoms with van der Waals surface area (Å²) in [6.45, 7) is 3.83. The molecule has 1 amide bonds. The highest BCUT2D eigenvalue weighted by atomic mass is 16.4. The van der Waals surface area contributed by atoms with Gasteiger partial charge in [0.1, 0.15) is 6.33 Å². The van der Waals surface area contributed by atoms with E-state index in [1.807, 2.05) is 0 Å². The molecule has 0 atom stereocenters. The van der Waals surface area contributed by atoms with Crippen LogP contribution >= 0.6 is 0 Å². The van der Waals surface area contributed by atoms with Crippen molar-refractivity contribution in [3.05, 3.63) is 24.3 Å². The van der Waals surface area contributed by atoms with Crippen LogP contribution in [0.2, 0.25) is 0 Å². The second kappa shape index (κ2) is 6.09. The van der Waals surface area contributed by atoms with Crippen molar-refractivity contribution in [1.29, 1.82) is 0 Å². The number of carbonyl (C=O) groups excluding carboxylic acids is 1. The number of nitrogens with one attached hydrogen (secondary N) is 1. The van der Waals surface area contributed by atoms with Crippen molar-refractivity contribution in [2.75, 3.05) is 0 Å². The predicted molar refractivity (Wildman–Crippen MR) is 64.5 cm³/mol. The molecule has 98 valence electrons. The third-order valence-corrected chi connectivity index (χ3v) is 2.38. The van der Waals surface area contributed by atoms with E-state index in [4.69, 9.17) is 5.11 Å². The molecule has 1 aromatic rings. The number of hydrogen-bond acceptors (Lipinski definition) is 4. The van der Waals surface area contributed by atoms with E-state index >= 15 is 0 Å². The molecule has 6 heteroatoms. The highest BCUT2D eigenvalue weighted by Crippen LogP contribution is 2.24. The van der Waals surface area contributed by atoms with Crippen molar-refractivity contribution in [2.45, 2.75) is 33.2 Å². The van der Waals surface area contributed by atoms with Gasteiger partial charge < -0.3 is 10.4 Å². The average Bonchev–Trinajstić information content (AvgIpc) is 2.25. The lowest BCUT2D eigenvalue weighted by Gasteiger charge is -2.21. The Morgan fingerprint density at radius 3 is 2.67 bits per heavy atom. The molecule has 0 spiro atoms. The largest absolute Gasteiger partial charge is 0.481 e. The van der Waals surface area contributed by atoms with Crippen molar-refractivity contribution in [3.63, 3.8) is 0 Å². The Morgan fingerprint density at radius 1 is 1.39 bits per heavy atom. The zero-order valence-electron chi connectivity index (χ0n) is 10.5. The van der Waals surface area contributed by atoms with Crippen LogP contribution in [0.1, 0.15) is 32.4 Å². The smallest absolute Gasteiger partial charge is 0.303 e. The lowest BCUT2D eigenvalue weighted by atomic mass is 9.85. The van der Waals surface area contributed by atoms with Crippen LogP contribution in [0, 0.1) is 5.41 Å². The molecule has 1 heterocycles. The Balaban J connectivity index is 2.40. The molecule has 0 aliphatic rings. The Morgan fingerprint density at radius 2 is 2.11 bits per heavy atom. The van der Waals surface area contributed by atoms with Gasteiger partial charge in [0, 0.05) is 12.6 Å². The third-order valence-electron chi connectivity index (χ3n) is 2.38. The fourth-order valence-corrected chi connectivity index (χ4v) is 1.58. The van der Waals surface area contributed by atoms with E-state index < -0.39 is 11.4 Å². The molecule has 6 nitrogen and oxygen atoms in total. The van der Waals surface area contributed by atoms with E-state index in [1.165, 1.54) is 6.33 Å². The maximum atomic E-state index is 11.7. The summed E-state index contributed by atoms with van der Waals surface area (Å²) in [5.74, 6) is -1.08. The molecule has 0 radical (unpaired) electrons. The number of carbonyl (C=O) groups is 2. The number of nitrogens with zero attached hydrogens (tertiary/aromatic N) is 2. The maximum Gasteiger partial charge on any atom is 0.303 e.